The molecule has 8 nitrogen and oxygen atoms in total. The van der Waals surface area contributed by atoms with Crippen molar-refractivity contribution in [2.24, 2.45) is 0 Å². The molecule has 1 aromatic rings. The van der Waals surface area contributed by atoms with Crippen molar-refractivity contribution in [3.63, 3.8) is 0 Å². The van der Waals surface area contributed by atoms with Crippen molar-refractivity contribution in [3.05, 3.63) is 32.1 Å². The van der Waals surface area contributed by atoms with Crippen LogP contribution in [0, 0.1) is 0 Å². The Labute approximate surface area is 121 Å². The van der Waals surface area contributed by atoms with Crippen molar-refractivity contribution in [2.45, 2.75) is 32.0 Å². The second-order valence-corrected chi connectivity index (χ2v) is 5.38. The van der Waals surface area contributed by atoms with Crippen LogP contribution in [0.2, 0.25) is 0 Å². The molecule has 1 aromatic heterocycles. The topological polar surface area (TPSA) is 105 Å². The molecule has 0 bridgehead atoms. The van der Waals surface area contributed by atoms with Gasteiger partial charge >= 0.3 is 11.7 Å². The Kier molecular flexibility index (Phi) is 4.59. The summed E-state index contributed by atoms with van der Waals surface area (Å²) in [5.74, 6) is -1.31. The molecule has 21 heavy (non-hydrogen) atoms. The third kappa shape index (κ3) is 3.40. The quantitative estimate of drug-likeness (QED) is 0.757. The number of H-pyrrole nitrogens is 1. The molecular weight excluding hydrogens is 278 g/mol. The summed E-state index contributed by atoms with van der Waals surface area (Å²) in [5.41, 5.74) is -1.55. The number of hydrogen-bond donors (Lipinski definition) is 2. The van der Waals surface area contributed by atoms with E-state index in [9.17, 15) is 14.4 Å². The summed E-state index contributed by atoms with van der Waals surface area (Å²) in [6.45, 7) is 0.909. The molecule has 1 atom stereocenters. The van der Waals surface area contributed by atoms with Gasteiger partial charge in [0.2, 0.25) is 0 Å². The summed E-state index contributed by atoms with van der Waals surface area (Å²) in [7, 11) is 3.45. The van der Waals surface area contributed by atoms with E-state index in [1.54, 1.807) is 19.0 Å². The van der Waals surface area contributed by atoms with E-state index in [0.29, 0.717) is 6.61 Å². The average molecular weight is 297 g/mol. The number of aromatic carboxylic acids is 1. The van der Waals surface area contributed by atoms with Crippen molar-refractivity contribution in [1.82, 2.24) is 14.5 Å². The minimum atomic E-state index is -1.31. The molecule has 0 amide bonds. The number of nitrogens with one attached hydrogen (secondary N) is 1. The number of aromatic amines is 1. The molecule has 0 spiro atoms. The minimum Gasteiger partial charge on any atom is -0.477 e. The van der Waals surface area contributed by atoms with Crippen LogP contribution < -0.4 is 11.2 Å². The van der Waals surface area contributed by atoms with E-state index in [0.717, 1.165) is 17.4 Å². The molecule has 0 unspecified atom stereocenters. The van der Waals surface area contributed by atoms with Crippen molar-refractivity contribution in [1.29, 1.82) is 0 Å². The lowest BCUT2D eigenvalue weighted by molar-refractivity contribution is 0.0686. The molecule has 8 heteroatoms. The summed E-state index contributed by atoms with van der Waals surface area (Å²) in [5, 5.41) is 9.14. The van der Waals surface area contributed by atoms with Crippen LogP contribution in [-0.2, 0) is 17.8 Å². The van der Waals surface area contributed by atoms with E-state index in [-0.39, 0.29) is 30.5 Å². The highest BCUT2D eigenvalue weighted by molar-refractivity contribution is 5.86. The standard InChI is InChI=1S/C13H19N3O5/c1-15(2)7-9-10(12(18)19)14-13(20)16(11(9)17)6-8-4-3-5-21-8/h8H,3-7H2,1-2H3,(H,14,20)(H,18,19)/t8-/m1/s1. The van der Waals surface area contributed by atoms with Crippen LogP contribution in [0.15, 0.2) is 9.59 Å². The predicted molar refractivity (Wildman–Crippen MR) is 74.6 cm³/mol. The van der Waals surface area contributed by atoms with Gasteiger partial charge in [0.25, 0.3) is 5.56 Å². The van der Waals surface area contributed by atoms with Crippen LogP contribution in [0.5, 0.6) is 0 Å². The highest BCUT2D eigenvalue weighted by atomic mass is 16.5. The Morgan fingerprint density at radius 1 is 1.48 bits per heavy atom. The Bertz CT molecular complexity index is 640. The van der Waals surface area contributed by atoms with Crippen molar-refractivity contribution in [3.8, 4) is 0 Å². The maximum atomic E-state index is 12.4. The lowest BCUT2D eigenvalue weighted by atomic mass is 10.2. The Morgan fingerprint density at radius 2 is 2.19 bits per heavy atom. The summed E-state index contributed by atoms with van der Waals surface area (Å²) in [6.07, 6.45) is 1.51. The number of carboxylic acids is 1. The molecule has 2 N–H and O–H groups in total. The fourth-order valence-corrected chi connectivity index (χ4v) is 2.42. The molecule has 116 valence electrons. The predicted octanol–water partition coefficient (Wildman–Crippen LogP) is -0.525. The van der Waals surface area contributed by atoms with Crippen LogP contribution in [0.4, 0.5) is 0 Å². The summed E-state index contributed by atoms with van der Waals surface area (Å²) < 4.78 is 6.46. The molecule has 0 aliphatic carbocycles. The number of nitrogens with zero attached hydrogens (tertiary/aromatic N) is 2. The minimum absolute atomic E-state index is 0.0742. The Hall–Kier alpha value is -1.93. The van der Waals surface area contributed by atoms with Crippen LogP contribution >= 0.6 is 0 Å². The fourth-order valence-electron chi connectivity index (χ4n) is 2.42. The number of carboxylic acid groups (broad SMARTS) is 1. The van der Waals surface area contributed by atoms with Crippen molar-refractivity contribution < 1.29 is 14.6 Å². The van der Waals surface area contributed by atoms with Crippen LogP contribution in [0.1, 0.15) is 28.9 Å². The number of hydrogen-bond acceptors (Lipinski definition) is 5. The van der Waals surface area contributed by atoms with Gasteiger partial charge in [-0.15, -0.1) is 0 Å². The summed E-state index contributed by atoms with van der Waals surface area (Å²) in [6, 6.07) is 0. The van der Waals surface area contributed by atoms with E-state index in [4.69, 9.17) is 9.84 Å². The van der Waals surface area contributed by atoms with Gasteiger partial charge in [-0.2, -0.15) is 0 Å². The molecule has 0 radical (unpaired) electrons. The highest BCUT2D eigenvalue weighted by Gasteiger charge is 2.23. The number of carbonyl (C=O) groups is 1. The van der Waals surface area contributed by atoms with Crippen LogP contribution in [0.25, 0.3) is 0 Å². The van der Waals surface area contributed by atoms with Gasteiger partial charge in [0.15, 0.2) is 0 Å². The van der Waals surface area contributed by atoms with Gasteiger partial charge in [-0.3, -0.25) is 9.36 Å². The third-order valence-electron chi connectivity index (χ3n) is 3.38. The first-order chi connectivity index (χ1) is 9.90. The largest absolute Gasteiger partial charge is 0.477 e. The van der Waals surface area contributed by atoms with Gasteiger partial charge in [-0.1, -0.05) is 0 Å². The SMILES string of the molecule is CN(C)Cc1c(C(=O)O)[nH]c(=O)n(C[C@H]2CCCO2)c1=O. The van der Waals surface area contributed by atoms with E-state index in [1.165, 1.54) is 0 Å². The van der Waals surface area contributed by atoms with Crippen molar-refractivity contribution >= 4 is 5.97 Å². The first-order valence-electron chi connectivity index (χ1n) is 6.75. The molecule has 1 aliphatic heterocycles. The number of rotatable bonds is 5. The number of aromatic nitrogens is 2. The van der Waals surface area contributed by atoms with E-state index < -0.39 is 17.2 Å². The molecule has 2 rings (SSSR count). The molecule has 0 aromatic carbocycles. The lowest BCUT2D eigenvalue weighted by Gasteiger charge is -2.15. The maximum absolute atomic E-state index is 12.4. The number of ether oxygens (including phenoxy) is 1. The monoisotopic (exact) mass is 297 g/mol. The molecule has 0 saturated carbocycles. The normalized spacial score (nSPS) is 18.3. The molecule has 1 aliphatic rings. The first-order valence-corrected chi connectivity index (χ1v) is 6.75. The van der Waals surface area contributed by atoms with E-state index in [2.05, 4.69) is 4.98 Å². The Morgan fingerprint density at radius 3 is 2.71 bits per heavy atom. The fraction of sp³-hybridized carbons (Fsp3) is 0.615. The maximum Gasteiger partial charge on any atom is 0.352 e. The molecule has 1 saturated heterocycles. The highest BCUT2D eigenvalue weighted by Crippen LogP contribution is 2.12. The third-order valence-corrected chi connectivity index (χ3v) is 3.38. The zero-order valence-electron chi connectivity index (χ0n) is 12.1. The molecule has 2 heterocycles. The first kappa shape index (κ1) is 15.5. The van der Waals surface area contributed by atoms with Gasteiger partial charge < -0.3 is 19.7 Å². The Balaban J connectivity index is 2.48. The smallest absolute Gasteiger partial charge is 0.352 e. The van der Waals surface area contributed by atoms with E-state index >= 15 is 0 Å². The van der Waals surface area contributed by atoms with E-state index in [1.807, 2.05) is 0 Å². The summed E-state index contributed by atoms with van der Waals surface area (Å²) >= 11 is 0. The lowest BCUT2D eigenvalue weighted by Crippen LogP contribution is -2.42. The average Bonchev–Trinajstić information content (AvgIpc) is 2.90. The molecule has 1 fully saturated rings. The summed E-state index contributed by atoms with van der Waals surface area (Å²) in [4.78, 5) is 39.6. The second-order valence-electron chi connectivity index (χ2n) is 5.38. The zero-order valence-corrected chi connectivity index (χ0v) is 12.1. The van der Waals surface area contributed by atoms with Gasteiger partial charge in [0.05, 0.1) is 18.2 Å². The molecular formula is C13H19N3O5. The van der Waals surface area contributed by atoms with Gasteiger partial charge in [-0.25, -0.2) is 9.59 Å². The van der Waals surface area contributed by atoms with Crippen molar-refractivity contribution in [2.75, 3.05) is 20.7 Å². The second kappa shape index (κ2) is 6.23. The van der Waals surface area contributed by atoms with Crippen LogP contribution in [-0.4, -0.2) is 52.3 Å². The van der Waals surface area contributed by atoms with Gasteiger partial charge in [-0.05, 0) is 26.9 Å². The van der Waals surface area contributed by atoms with Crippen LogP contribution in [0.3, 0.4) is 0 Å². The van der Waals surface area contributed by atoms with Gasteiger partial charge in [0.1, 0.15) is 5.69 Å². The zero-order chi connectivity index (χ0) is 15.6. The van der Waals surface area contributed by atoms with Gasteiger partial charge in [0, 0.05) is 13.2 Å².